The van der Waals surface area contributed by atoms with E-state index in [0.717, 1.165) is 25.9 Å². The summed E-state index contributed by atoms with van der Waals surface area (Å²) in [7, 11) is -3.65. The van der Waals surface area contributed by atoms with Crippen molar-refractivity contribution in [2.24, 2.45) is 5.92 Å². The van der Waals surface area contributed by atoms with E-state index in [1.165, 1.54) is 12.1 Å². The monoisotopic (exact) mass is 395 g/mol. The first-order chi connectivity index (χ1) is 12.0. The maximum Gasteiger partial charge on any atom is 0.261 e. The molecular formula is C18H22ClN3O3S. The highest BCUT2D eigenvalue weighted by Crippen LogP contribution is 2.20. The molecule has 1 saturated heterocycles. The standard InChI is InChI=1S/C18H21N3O3S.ClH/c22-18(14-10-12-19-13-11-14)20-15-6-8-17(9-7-15)25(23,24)21-16-4-2-1-3-5-16;/h1-9,14,19,21H,10-13H2,(H,20,22);1H. The first kappa shape index (κ1) is 20.2. The number of nitrogens with one attached hydrogen (secondary N) is 3. The Morgan fingerprint density at radius 1 is 0.923 bits per heavy atom. The van der Waals surface area contributed by atoms with Gasteiger partial charge in [-0.1, -0.05) is 18.2 Å². The van der Waals surface area contributed by atoms with Crippen LogP contribution in [0.15, 0.2) is 59.5 Å². The SMILES string of the molecule is Cl.O=C(Nc1ccc(S(=O)(=O)Nc2ccccc2)cc1)C1CCNCC1. The van der Waals surface area contributed by atoms with Crippen LogP contribution in [-0.4, -0.2) is 27.4 Å². The van der Waals surface area contributed by atoms with Crippen molar-refractivity contribution in [3.8, 4) is 0 Å². The van der Waals surface area contributed by atoms with Crippen molar-refractivity contribution >= 4 is 39.7 Å². The number of sulfonamides is 1. The van der Waals surface area contributed by atoms with Gasteiger partial charge < -0.3 is 10.6 Å². The molecule has 2 aromatic carbocycles. The van der Waals surface area contributed by atoms with Gasteiger partial charge in [-0.2, -0.15) is 0 Å². The highest BCUT2D eigenvalue weighted by atomic mass is 35.5. The van der Waals surface area contributed by atoms with Crippen LogP contribution in [0, 0.1) is 5.92 Å². The normalized spacial score (nSPS) is 14.9. The Balaban J connectivity index is 0.00000243. The molecule has 0 spiro atoms. The van der Waals surface area contributed by atoms with E-state index in [9.17, 15) is 13.2 Å². The third-order valence-electron chi connectivity index (χ3n) is 4.17. The molecule has 2 aromatic rings. The van der Waals surface area contributed by atoms with Gasteiger partial charge in [0.05, 0.1) is 4.90 Å². The highest BCUT2D eigenvalue weighted by Gasteiger charge is 2.21. The summed E-state index contributed by atoms with van der Waals surface area (Å²) >= 11 is 0. The second-order valence-electron chi connectivity index (χ2n) is 6.01. The Morgan fingerprint density at radius 2 is 1.54 bits per heavy atom. The summed E-state index contributed by atoms with van der Waals surface area (Å²) in [5, 5.41) is 6.08. The molecule has 0 aromatic heterocycles. The molecule has 0 saturated carbocycles. The number of hydrogen-bond donors (Lipinski definition) is 3. The van der Waals surface area contributed by atoms with Crippen LogP contribution in [0.4, 0.5) is 11.4 Å². The molecule has 140 valence electrons. The maximum atomic E-state index is 12.4. The summed E-state index contributed by atoms with van der Waals surface area (Å²) in [5.41, 5.74) is 1.10. The molecule has 3 rings (SSSR count). The van der Waals surface area contributed by atoms with E-state index < -0.39 is 10.0 Å². The lowest BCUT2D eigenvalue weighted by atomic mass is 9.97. The Bertz CT molecular complexity index is 821. The van der Waals surface area contributed by atoms with Crippen LogP contribution in [-0.2, 0) is 14.8 Å². The van der Waals surface area contributed by atoms with E-state index in [-0.39, 0.29) is 29.1 Å². The van der Waals surface area contributed by atoms with Crippen molar-refractivity contribution in [2.45, 2.75) is 17.7 Å². The molecule has 0 radical (unpaired) electrons. The van der Waals surface area contributed by atoms with Crippen LogP contribution in [0.1, 0.15) is 12.8 Å². The topological polar surface area (TPSA) is 87.3 Å². The Hall–Kier alpha value is -2.09. The Kier molecular flexibility index (Phi) is 7.02. The molecule has 0 atom stereocenters. The molecule has 0 unspecified atom stereocenters. The highest BCUT2D eigenvalue weighted by molar-refractivity contribution is 7.92. The average molecular weight is 396 g/mol. The number of amides is 1. The summed E-state index contributed by atoms with van der Waals surface area (Å²) in [5.74, 6) is -0.0103. The number of benzene rings is 2. The minimum Gasteiger partial charge on any atom is -0.326 e. The van der Waals surface area contributed by atoms with Crippen molar-refractivity contribution in [3.05, 3.63) is 54.6 Å². The van der Waals surface area contributed by atoms with Crippen molar-refractivity contribution < 1.29 is 13.2 Å². The van der Waals surface area contributed by atoms with E-state index in [1.54, 1.807) is 36.4 Å². The number of para-hydroxylation sites is 1. The van der Waals surface area contributed by atoms with Gasteiger partial charge in [-0.15, -0.1) is 12.4 Å². The maximum absolute atomic E-state index is 12.4. The van der Waals surface area contributed by atoms with Crippen LogP contribution in [0.5, 0.6) is 0 Å². The lowest BCUT2D eigenvalue weighted by molar-refractivity contribution is -0.120. The number of anilines is 2. The largest absolute Gasteiger partial charge is 0.326 e. The first-order valence-corrected chi connectivity index (χ1v) is 9.72. The summed E-state index contributed by atoms with van der Waals surface area (Å²) in [6.45, 7) is 1.70. The second-order valence-corrected chi connectivity index (χ2v) is 7.69. The molecule has 1 heterocycles. The molecule has 0 aliphatic carbocycles. The summed E-state index contributed by atoms with van der Waals surface area (Å²) in [6, 6.07) is 14.9. The first-order valence-electron chi connectivity index (χ1n) is 8.24. The fourth-order valence-electron chi connectivity index (χ4n) is 2.77. The minimum atomic E-state index is -3.65. The quantitative estimate of drug-likeness (QED) is 0.726. The van der Waals surface area contributed by atoms with Crippen molar-refractivity contribution in [1.29, 1.82) is 0 Å². The number of carbonyl (C=O) groups is 1. The molecule has 6 nitrogen and oxygen atoms in total. The summed E-state index contributed by atoms with van der Waals surface area (Å²) in [6.07, 6.45) is 1.64. The Morgan fingerprint density at radius 3 is 2.15 bits per heavy atom. The fraction of sp³-hybridized carbons (Fsp3) is 0.278. The van der Waals surface area contributed by atoms with Gasteiger partial charge in [0.1, 0.15) is 0 Å². The van der Waals surface area contributed by atoms with Crippen LogP contribution in [0.2, 0.25) is 0 Å². The van der Waals surface area contributed by atoms with E-state index in [4.69, 9.17) is 0 Å². The molecule has 1 fully saturated rings. The van der Waals surface area contributed by atoms with Gasteiger partial charge >= 0.3 is 0 Å². The molecular weight excluding hydrogens is 374 g/mol. The predicted octanol–water partition coefficient (Wildman–Crippen LogP) is 2.85. The van der Waals surface area contributed by atoms with Gasteiger partial charge in [-0.25, -0.2) is 8.42 Å². The van der Waals surface area contributed by atoms with Crippen molar-refractivity contribution in [1.82, 2.24) is 5.32 Å². The number of hydrogen-bond acceptors (Lipinski definition) is 4. The second kappa shape index (κ2) is 9.02. The third-order valence-corrected chi connectivity index (χ3v) is 5.57. The smallest absolute Gasteiger partial charge is 0.261 e. The van der Waals surface area contributed by atoms with Crippen LogP contribution in [0.3, 0.4) is 0 Å². The van der Waals surface area contributed by atoms with Crippen molar-refractivity contribution in [2.75, 3.05) is 23.1 Å². The van der Waals surface area contributed by atoms with Crippen LogP contribution in [0.25, 0.3) is 0 Å². The van der Waals surface area contributed by atoms with E-state index in [1.807, 2.05) is 6.07 Å². The minimum absolute atomic E-state index is 0. The van der Waals surface area contributed by atoms with Crippen LogP contribution < -0.4 is 15.4 Å². The number of carbonyl (C=O) groups excluding carboxylic acids is 1. The van der Waals surface area contributed by atoms with Crippen LogP contribution >= 0.6 is 12.4 Å². The van der Waals surface area contributed by atoms with E-state index in [2.05, 4.69) is 15.4 Å². The molecule has 3 N–H and O–H groups in total. The van der Waals surface area contributed by atoms with Gasteiger partial charge in [0.15, 0.2) is 0 Å². The van der Waals surface area contributed by atoms with Gasteiger partial charge in [-0.3, -0.25) is 9.52 Å². The Labute approximate surface area is 159 Å². The molecule has 26 heavy (non-hydrogen) atoms. The molecule has 8 heteroatoms. The van der Waals surface area contributed by atoms with Gasteiger partial charge in [0.25, 0.3) is 10.0 Å². The van der Waals surface area contributed by atoms with E-state index >= 15 is 0 Å². The molecule has 1 aliphatic rings. The fourth-order valence-corrected chi connectivity index (χ4v) is 3.82. The molecule has 1 amide bonds. The zero-order valence-electron chi connectivity index (χ0n) is 14.1. The van der Waals surface area contributed by atoms with Crippen molar-refractivity contribution in [3.63, 3.8) is 0 Å². The third kappa shape index (κ3) is 5.20. The van der Waals surface area contributed by atoms with E-state index in [0.29, 0.717) is 11.4 Å². The average Bonchev–Trinajstić information content (AvgIpc) is 2.63. The lowest BCUT2D eigenvalue weighted by Crippen LogP contribution is -2.34. The number of rotatable bonds is 5. The van der Waals surface area contributed by atoms with Gasteiger partial charge in [0.2, 0.25) is 5.91 Å². The number of piperidine rings is 1. The predicted molar refractivity (Wildman–Crippen MR) is 105 cm³/mol. The lowest BCUT2D eigenvalue weighted by Gasteiger charge is -2.21. The zero-order valence-corrected chi connectivity index (χ0v) is 15.8. The number of halogens is 1. The zero-order chi connectivity index (χ0) is 17.7. The van der Waals surface area contributed by atoms with Gasteiger partial charge in [-0.05, 0) is 62.3 Å². The summed E-state index contributed by atoms with van der Waals surface area (Å²) in [4.78, 5) is 12.4. The molecule has 1 aliphatic heterocycles. The molecule has 0 bridgehead atoms. The summed E-state index contributed by atoms with van der Waals surface area (Å²) < 4.78 is 27.3. The van der Waals surface area contributed by atoms with Gasteiger partial charge in [0, 0.05) is 17.3 Å².